The summed E-state index contributed by atoms with van der Waals surface area (Å²) in [7, 11) is -3.08. The number of aromatic nitrogens is 2. The van der Waals surface area contributed by atoms with Gasteiger partial charge in [-0.1, -0.05) is 0 Å². The molecule has 10 heteroatoms. The molecule has 1 atom stereocenters. The lowest BCUT2D eigenvalue weighted by Gasteiger charge is -2.11. The number of sulfone groups is 1. The van der Waals surface area contributed by atoms with Crippen LogP contribution in [0.3, 0.4) is 0 Å². The zero-order valence-electron chi connectivity index (χ0n) is 11.0. The zero-order chi connectivity index (χ0) is 15.5. The van der Waals surface area contributed by atoms with Gasteiger partial charge in [-0.15, -0.1) is 0 Å². The molecule has 0 unspecified atom stereocenters. The molecule has 2 heterocycles. The second-order valence-electron chi connectivity index (χ2n) is 4.53. The Kier molecular flexibility index (Phi) is 4.36. The molecule has 0 bridgehead atoms. The highest BCUT2D eigenvalue weighted by atomic mass is 32.2. The van der Waals surface area contributed by atoms with E-state index in [2.05, 4.69) is 15.3 Å². The summed E-state index contributed by atoms with van der Waals surface area (Å²) in [4.78, 5) is 30.6. The summed E-state index contributed by atoms with van der Waals surface area (Å²) in [5.74, 6) is -1.58. The molecule has 2 rings (SSSR count). The zero-order valence-corrected chi connectivity index (χ0v) is 11.8. The van der Waals surface area contributed by atoms with E-state index in [0.717, 1.165) is 0 Å². The monoisotopic (exact) mass is 314 g/mol. The van der Waals surface area contributed by atoms with E-state index in [1.54, 1.807) is 0 Å². The standard InChI is InChI=1S/C11H14N4O5S/c12-10-9(13-2-3-14-10)11(17)20-5-8(16)15-7-1-4-21(18,19)6-7/h2-3,7H,1,4-6H2,(H2,12,14)(H,15,16)/t7-/m0/s1. The molecule has 3 N–H and O–H groups in total. The normalized spacial score (nSPS) is 19.9. The number of hydrogen-bond acceptors (Lipinski definition) is 8. The van der Waals surface area contributed by atoms with Gasteiger partial charge in [0.2, 0.25) is 0 Å². The number of hydrogen-bond donors (Lipinski definition) is 2. The molecule has 1 saturated heterocycles. The van der Waals surface area contributed by atoms with Crippen LogP contribution in [0.1, 0.15) is 16.9 Å². The van der Waals surface area contributed by atoms with Crippen molar-refractivity contribution in [1.29, 1.82) is 0 Å². The van der Waals surface area contributed by atoms with Gasteiger partial charge in [0, 0.05) is 18.4 Å². The first kappa shape index (κ1) is 15.2. The maximum atomic E-state index is 11.6. The van der Waals surface area contributed by atoms with Gasteiger partial charge < -0.3 is 15.8 Å². The maximum Gasteiger partial charge on any atom is 0.361 e. The van der Waals surface area contributed by atoms with Gasteiger partial charge >= 0.3 is 5.97 Å². The average Bonchev–Trinajstić information content (AvgIpc) is 2.75. The Labute approximate surface area is 120 Å². The van der Waals surface area contributed by atoms with Crippen LogP contribution in [0, 0.1) is 0 Å². The molecular weight excluding hydrogens is 300 g/mol. The largest absolute Gasteiger partial charge is 0.451 e. The summed E-state index contributed by atoms with van der Waals surface area (Å²) in [6.07, 6.45) is 2.95. The Morgan fingerprint density at radius 2 is 2.10 bits per heavy atom. The molecule has 1 fully saturated rings. The summed E-state index contributed by atoms with van der Waals surface area (Å²) >= 11 is 0. The lowest BCUT2D eigenvalue weighted by Crippen LogP contribution is -2.38. The van der Waals surface area contributed by atoms with Crippen LogP contribution in [0.5, 0.6) is 0 Å². The molecule has 1 aromatic rings. The molecule has 1 aliphatic rings. The highest BCUT2D eigenvalue weighted by Gasteiger charge is 2.29. The first-order valence-corrected chi connectivity index (χ1v) is 7.93. The van der Waals surface area contributed by atoms with Gasteiger partial charge in [-0.25, -0.2) is 23.2 Å². The Bertz CT molecular complexity index is 660. The van der Waals surface area contributed by atoms with E-state index >= 15 is 0 Å². The van der Waals surface area contributed by atoms with Crippen LogP contribution in [0.15, 0.2) is 12.4 Å². The quantitative estimate of drug-likeness (QED) is 0.641. The molecule has 0 aromatic carbocycles. The third-order valence-corrected chi connectivity index (χ3v) is 4.62. The van der Waals surface area contributed by atoms with E-state index < -0.39 is 34.4 Å². The van der Waals surface area contributed by atoms with E-state index in [0.29, 0.717) is 6.42 Å². The molecule has 0 spiro atoms. The lowest BCUT2D eigenvalue weighted by atomic mass is 10.2. The van der Waals surface area contributed by atoms with Gasteiger partial charge in [-0.2, -0.15) is 0 Å². The molecule has 0 saturated carbocycles. The predicted molar refractivity (Wildman–Crippen MR) is 71.9 cm³/mol. The third kappa shape index (κ3) is 4.12. The second-order valence-corrected chi connectivity index (χ2v) is 6.76. The maximum absolute atomic E-state index is 11.6. The average molecular weight is 314 g/mol. The molecule has 9 nitrogen and oxygen atoms in total. The smallest absolute Gasteiger partial charge is 0.361 e. The Morgan fingerprint density at radius 3 is 2.71 bits per heavy atom. The van der Waals surface area contributed by atoms with Crippen molar-refractivity contribution in [2.75, 3.05) is 23.8 Å². The van der Waals surface area contributed by atoms with Gasteiger partial charge in [-0.05, 0) is 6.42 Å². The fourth-order valence-electron chi connectivity index (χ4n) is 1.88. The van der Waals surface area contributed by atoms with Crippen molar-refractivity contribution in [3.05, 3.63) is 18.1 Å². The number of nitrogen functional groups attached to an aromatic ring is 1. The van der Waals surface area contributed by atoms with Crippen molar-refractivity contribution in [3.63, 3.8) is 0 Å². The lowest BCUT2D eigenvalue weighted by molar-refractivity contribution is -0.124. The molecule has 1 amide bonds. The van der Waals surface area contributed by atoms with E-state index in [1.807, 2.05) is 0 Å². The SMILES string of the molecule is Nc1nccnc1C(=O)OCC(=O)N[C@H]1CCS(=O)(=O)C1. The van der Waals surface area contributed by atoms with Crippen LogP contribution < -0.4 is 11.1 Å². The summed E-state index contributed by atoms with van der Waals surface area (Å²) in [5.41, 5.74) is 5.28. The number of carbonyl (C=O) groups is 2. The number of anilines is 1. The van der Waals surface area contributed by atoms with Crippen molar-refractivity contribution in [2.45, 2.75) is 12.5 Å². The van der Waals surface area contributed by atoms with Gasteiger partial charge in [0.05, 0.1) is 11.5 Å². The van der Waals surface area contributed by atoms with Crippen molar-refractivity contribution < 1.29 is 22.7 Å². The summed E-state index contributed by atoms with van der Waals surface area (Å²) in [6.45, 7) is -0.536. The number of ether oxygens (including phenoxy) is 1. The second kappa shape index (κ2) is 6.04. The summed E-state index contributed by atoms with van der Waals surface area (Å²) < 4.78 is 27.2. The minimum Gasteiger partial charge on any atom is -0.451 e. The van der Waals surface area contributed by atoms with Gasteiger partial charge in [-0.3, -0.25) is 4.79 Å². The van der Waals surface area contributed by atoms with E-state index in [-0.39, 0.29) is 23.0 Å². The minimum atomic E-state index is -3.08. The molecule has 1 aliphatic heterocycles. The number of nitrogens with one attached hydrogen (secondary N) is 1. The van der Waals surface area contributed by atoms with Crippen LogP contribution in [0.2, 0.25) is 0 Å². The van der Waals surface area contributed by atoms with Crippen LogP contribution in [0.4, 0.5) is 5.82 Å². The molecule has 114 valence electrons. The topological polar surface area (TPSA) is 141 Å². The minimum absolute atomic E-state index is 0.0495. The molecular formula is C11H14N4O5S. The predicted octanol–water partition coefficient (Wildman–Crippen LogP) is -1.48. The fourth-order valence-corrected chi connectivity index (χ4v) is 3.56. The first-order chi connectivity index (χ1) is 9.87. The number of rotatable bonds is 4. The van der Waals surface area contributed by atoms with Crippen LogP contribution in [-0.4, -0.2) is 54.4 Å². The molecule has 0 aliphatic carbocycles. The van der Waals surface area contributed by atoms with Crippen LogP contribution in [-0.2, 0) is 19.4 Å². The Balaban J connectivity index is 1.82. The van der Waals surface area contributed by atoms with Gasteiger partial charge in [0.1, 0.15) is 0 Å². The van der Waals surface area contributed by atoms with E-state index in [4.69, 9.17) is 10.5 Å². The number of esters is 1. The number of amides is 1. The van der Waals surface area contributed by atoms with Crippen molar-refractivity contribution in [2.24, 2.45) is 0 Å². The Morgan fingerprint density at radius 1 is 1.38 bits per heavy atom. The van der Waals surface area contributed by atoms with Crippen molar-refractivity contribution >= 4 is 27.5 Å². The first-order valence-electron chi connectivity index (χ1n) is 6.11. The number of nitrogens with two attached hydrogens (primary N) is 1. The van der Waals surface area contributed by atoms with Crippen LogP contribution >= 0.6 is 0 Å². The van der Waals surface area contributed by atoms with Gasteiger partial charge in [0.25, 0.3) is 5.91 Å². The number of nitrogens with zero attached hydrogens (tertiary/aromatic N) is 2. The molecule has 1 aromatic heterocycles. The number of carbonyl (C=O) groups excluding carboxylic acids is 2. The van der Waals surface area contributed by atoms with E-state index in [1.165, 1.54) is 12.4 Å². The third-order valence-electron chi connectivity index (χ3n) is 2.85. The molecule has 0 radical (unpaired) electrons. The van der Waals surface area contributed by atoms with Crippen molar-refractivity contribution in [1.82, 2.24) is 15.3 Å². The summed E-state index contributed by atoms with van der Waals surface area (Å²) in [6, 6.07) is -0.442. The summed E-state index contributed by atoms with van der Waals surface area (Å²) in [5, 5.41) is 2.49. The highest BCUT2D eigenvalue weighted by Crippen LogP contribution is 2.11. The highest BCUT2D eigenvalue weighted by molar-refractivity contribution is 7.91. The van der Waals surface area contributed by atoms with Gasteiger partial charge in [0.15, 0.2) is 28.0 Å². The fraction of sp³-hybridized carbons (Fsp3) is 0.455. The Hall–Kier alpha value is -2.23. The molecule has 21 heavy (non-hydrogen) atoms. The van der Waals surface area contributed by atoms with E-state index in [9.17, 15) is 18.0 Å². The van der Waals surface area contributed by atoms with Crippen molar-refractivity contribution in [3.8, 4) is 0 Å². The van der Waals surface area contributed by atoms with Crippen LogP contribution in [0.25, 0.3) is 0 Å².